The van der Waals surface area contributed by atoms with Gasteiger partial charge in [-0.15, -0.1) is 0 Å². The fourth-order valence-corrected chi connectivity index (χ4v) is 3.22. The number of hydrogen-bond acceptors (Lipinski definition) is 6. The molecule has 1 aliphatic rings. The van der Waals surface area contributed by atoms with Crippen molar-refractivity contribution >= 4 is 5.91 Å². The summed E-state index contributed by atoms with van der Waals surface area (Å²) < 4.78 is 22.1. The van der Waals surface area contributed by atoms with E-state index in [9.17, 15) is 4.79 Å². The Morgan fingerprint density at radius 2 is 2.15 bits per heavy atom. The van der Waals surface area contributed by atoms with Crippen molar-refractivity contribution in [1.82, 2.24) is 10.5 Å². The average molecular weight is 374 g/mol. The van der Waals surface area contributed by atoms with Gasteiger partial charge in [0, 0.05) is 17.7 Å². The SMILES string of the molecule is COc1ccccc1CC(=O)N[C@@H]1CCOC[C@H]1OCc1c(C)noc1C. The van der Waals surface area contributed by atoms with Crippen molar-refractivity contribution in [1.29, 1.82) is 0 Å². The maximum atomic E-state index is 12.5. The molecule has 1 aromatic heterocycles. The molecule has 1 aromatic carbocycles. The molecule has 7 heteroatoms. The summed E-state index contributed by atoms with van der Waals surface area (Å²) in [5.74, 6) is 1.41. The maximum Gasteiger partial charge on any atom is 0.224 e. The van der Waals surface area contributed by atoms with Crippen molar-refractivity contribution in [3.05, 3.63) is 46.8 Å². The van der Waals surface area contributed by atoms with Crippen LogP contribution in [0.5, 0.6) is 5.75 Å². The minimum Gasteiger partial charge on any atom is -0.496 e. The van der Waals surface area contributed by atoms with E-state index in [-0.39, 0.29) is 24.5 Å². The lowest BCUT2D eigenvalue weighted by Gasteiger charge is -2.32. The number of benzene rings is 1. The Morgan fingerprint density at radius 3 is 2.89 bits per heavy atom. The third-order valence-corrected chi connectivity index (χ3v) is 4.82. The molecule has 1 aliphatic heterocycles. The Labute approximate surface area is 159 Å². The predicted octanol–water partition coefficient (Wildman–Crippen LogP) is 2.33. The van der Waals surface area contributed by atoms with Crippen LogP contribution in [0, 0.1) is 13.8 Å². The number of hydrogen-bond donors (Lipinski definition) is 1. The van der Waals surface area contributed by atoms with Gasteiger partial charge >= 0.3 is 0 Å². The highest BCUT2D eigenvalue weighted by atomic mass is 16.5. The van der Waals surface area contributed by atoms with Gasteiger partial charge < -0.3 is 24.1 Å². The summed E-state index contributed by atoms with van der Waals surface area (Å²) in [7, 11) is 1.60. The molecule has 1 amide bonds. The number of amides is 1. The second kappa shape index (κ2) is 9.01. The van der Waals surface area contributed by atoms with Gasteiger partial charge in [0.05, 0.1) is 38.5 Å². The first-order valence-electron chi connectivity index (χ1n) is 9.11. The fraction of sp³-hybridized carbons (Fsp3) is 0.500. The first-order valence-corrected chi connectivity index (χ1v) is 9.11. The number of para-hydroxylation sites is 1. The van der Waals surface area contributed by atoms with Crippen LogP contribution in [0.2, 0.25) is 0 Å². The van der Waals surface area contributed by atoms with Gasteiger partial charge in [-0.05, 0) is 26.3 Å². The van der Waals surface area contributed by atoms with E-state index in [0.717, 1.165) is 22.6 Å². The zero-order valence-electron chi connectivity index (χ0n) is 16.0. The Bertz CT molecular complexity index is 754. The quantitative estimate of drug-likeness (QED) is 0.801. The molecular formula is C20H26N2O5. The van der Waals surface area contributed by atoms with Crippen LogP contribution in [-0.2, 0) is 27.3 Å². The molecule has 0 radical (unpaired) electrons. The third-order valence-electron chi connectivity index (χ3n) is 4.82. The maximum absolute atomic E-state index is 12.5. The fourth-order valence-electron chi connectivity index (χ4n) is 3.22. The van der Waals surface area contributed by atoms with Gasteiger partial charge in [0.15, 0.2) is 0 Å². The highest BCUT2D eigenvalue weighted by molar-refractivity contribution is 5.79. The number of carbonyl (C=O) groups is 1. The topological polar surface area (TPSA) is 82.8 Å². The first kappa shape index (κ1) is 19.4. The molecule has 0 unspecified atom stereocenters. The lowest BCUT2D eigenvalue weighted by atomic mass is 10.0. The lowest BCUT2D eigenvalue weighted by Crippen LogP contribution is -2.50. The molecule has 2 atom stereocenters. The van der Waals surface area contributed by atoms with Crippen LogP contribution in [0.25, 0.3) is 0 Å². The number of nitrogens with zero attached hydrogens (tertiary/aromatic N) is 1. The number of ether oxygens (including phenoxy) is 3. The number of methoxy groups -OCH3 is 1. The summed E-state index contributed by atoms with van der Waals surface area (Å²) in [6.45, 7) is 5.18. The number of rotatable bonds is 7. The van der Waals surface area contributed by atoms with Gasteiger partial charge in [0.2, 0.25) is 5.91 Å². The number of carbonyl (C=O) groups excluding carboxylic acids is 1. The molecule has 0 saturated carbocycles. The van der Waals surface area contributed by atoms with Crippen molar-refractivity contribution < 1.29 is 23.5 Å². The van der Waals surface area contributed by atoms with Gasteiger partial charge in [0.25, 0.3) is 0 Å². The smallest absolute Gasteiger partial charge is 0.224 e. The molecular weight excluding hydrogens is 348 g/mol. The molecule has 0 bridgehead atoms. The molecule has 0 spiro atoms. The van der Waals surface area contributed by atoms with E-state index in [1.165, 1.54) is 0 Å². The highest BCUT2D eigenvalue weighted by Crippen LogP contribution is 2.20. The standard InChI is InChI=1S/C20H26N2O5/c1-13-16(14(2)27-22-13)11-26-19-12-25-9-8-17(19)21-20(23)10-15-6-4-5-7-18(15)24-3/h4-7,17,19H,8-12H2,1-3H3,(H,21,23)/t17-,19-/m1/s1. The van der Waals surface area contributed by atoms with Gasteiger partial charge in [-0.1, -0.05) is 23.4 Å². The zero-order valence-corrected chi connectivity index (χ0v) is 16.0. The van der Waals surface area contributed by atoms with Crippen LogP contribution in [-0.4, -0.2) is 43.5 Å². The van der Waals surface area contributed by atoms with Crippen molar-refractivity contribution in [3.8, 4) is 5.75 Å². The molecule has 146 valence electrons. The van der Waals surface area contributed by atoms with E-state index in [1.807, 2.05) is 38.1 Å². The van der Waals surface area contributed by atoms with E-state index in [1.54, 1.807) is 7.11 Å². The molecule has 1 N–H and O–H groups in total. The lowest BCUT2D eigenvalue weighted by molar-refractivity contribution is -0.126. The van der Waals surface area contributed by atoms with E-state index in [4.69, 9.17) is 18.7 Å². The Balaban J connectivity index is 1.59. The van der Waals surface area contributed by atoms with Crippen molar-refractivity contribution in [2.45, 2.75) is 45.4 Å². The summed E-state index contributed by atoms with van der Waals surface area (Å²) in [6, 6.07) is 7.44. The second-order valence-corrected chi connectivity index (χ2v) is 6.68. The Kier molecular flexibility index (Phi) is 6.47. The van der Waals surface area contributed by atoms with Crippen LogP contribution in [0.3, 0.4) is 0 Å². The number of aryl methyl sites for hydroxylation is 2. The summed E-state index contributed by atoms with van der Waals surface area (Å²) in [5.41, 5.74) is 2.62. The van der Waals surface area contributed by atoms with Crippen LogP contribution in [0.15, 0.2) is 28.8 Å². The van der Waals surface area contributed by atoms with Gasteiger partial charge in [-0.3, -0.25) is 4.79 Å². The molecule has 2 heterocycles. The largest absolute Gasteiger partial charge is 0.496 e. The van der Waals surface area contributed by atoms with Gasteiger partial charge in [-0.2, -0.15) is 0 Å². The molecule has 0 aliphatic carbocycles. The summed E-state index contributed by atoms with van der Waals surface area (Å²) in [6.07, 6.45) is 0.760. The van der Waals surface area contributed by atoms with E-state index >= 15 is 0 Å². The van der Waals surface area contributed by atoms with E-state index < -0.39 is 0 Å². The van der Waals surface area contributed by atoms with Crippen molar-refractivity contribution in [2.75, 3.05) is 20.3 Å². The highest BCUT2D eigenvalue weighted by Gasteiger charge is 2.28. The molecule has 1 saturated heterocycles. The number of aromatic nitrogens is 1. The van der Waals surface area contributed by atoms with Gasteiger partial charge in [0.1, 0.15) is 17.6 Å². The minimum absolute atomic E-state index is 0.0580. The average Bonchev–Trinajstić information content (AvgIpc) is 2.99. The molecule has 27 heavy (non-hydrogen) atoms. The monoisotopic (exact) mass is 374 g/mol. The van der Waals surface area contributed by atoms with Crippen LogP contribution >= 0.6 is 0 Å². The van der Waals surface area contributed by atoms with Crippen LogP contribution < -0.4 is 10.1 Å². The summed E-state index contributed by atoms with van der Waals surface area (Å²) >= 11 is 0. The second-order valence-electron chi connectivity index (χ2n) is 6.68. The Hall–Kier alpha value is -2.38. The van der Waals surface area contributed by atoms with Crippen LogP contribution in [0.1, 0.15) is 29.0 Å². The molecule has 2 aromatic rings. The molecule has 3 rings (SSSR count). The molecule has 7 nitrogen and oxygen atoms in total. The van der Waals surface area contributed by atoms with E-state index in [2.05, 4.69) is 10.5 Å². The molecule has 1 fully saturated rings. The normalized spacial score (nSPS) is 19.7. The van der Waals surface area contributed by atoms with Gasteiger partial charge in [-0.25, -0.2) is 0 Å². The first-order chi connectivity index (χ1) is 13.1. The van der Waals surface area contributed by atoms with Crippen molar-refractivity contribution in [3.63, 3.8) is 0 Å². The summed E-state index contributed by atoms with van der Waals surface area (Å²) in [5, 5.41) is 7.03. The summed E-state index contributed by atoms with van der Waals surface area (Å²) in [4.78, 5) is 12.5. The van der Waals surface area contributed by atoms with Crippen LogP contribution in [0.4, 0.5) is 0 Å². The van der Waals surface area contributed by atoms with Crippen molar-refractivity contribution in [2.24, 2.45) is 0 Å². The number of nitrogens with one attached hydrogen (secondary N) is 1. The van der Waals surface area contributed by atoms with E-state index in [0.29, 0.717) is 32.0 Å². The zero-order chi connectivity index (χ0) is 19.2. The predicted molar refractivity (Wildman–Crippen MR) is 98.6 cm³/mol. The third kappa shape index (κ3) is 4.87. The Morgan fingerprint density at radius 1 is 1.33 bits per heavy atom. The minimum atomic E-state index is -0.214.